The molecule has 8 aromatic rings. The third kappa shape index (κ3) is 3.59. The summed E-state index contributed by atoms with van der Waals surface area (Å²) in [6.45, 7) is 0. The number of benzene rings is 7. The Labute approximate surface area is 243 Å². The maximum absolute atomic E-state index is 6.30. The second-order valence-corrected chi connectivity index (χ2v) is 11.0. The maximum Gasteiger partial charge on any atom is 0.135 e. The molecule has 0 fully saturated rings. The summed E-state index contributed by atoms with van der Waals surface area (Å²) in [6.07, 6.45) is 0. The second kappa shape index (κ2) is 8.95. The van der Waals surface area contributed by atoms with Gasteiger partial charge in [0, 0.05) is 21.7 Å². The number of rotatable bonds is 3. The van der Waals surface area contributed by atoms with Crippen molar-refractivity contribution in [2.24, 2.45) is 0 Å². The van der Waals surface area contributed by atoms with Gasteiger partial charge < -0.3 is 9.15 Å². The molecule has 0 saturated heterocycles. The van der Waals surface area contributed by atoms with Crippen LogP contribution in [0.1, 0.15) is 0 Å². The molecular weight excluding hydrogens is 512 g/mol. The van der Waals surface area contributed by atoms with Gasteiger partial charge in [-0.1, -0.05) is 84.9 Å². The molecule has 0 saturated carbocycles. The van der Waals surface area contributed by atoms with E-state index >= 15 is 0 Å². The van der Waals surface area contributed by atoms with Gasteiger partial charge in [0.25, 0.3) is 0 Å². The summed E-state index contributed by atoms with van der Waals surface area (Å²) in [5.41, 5.74) is 11.2. The lowest BCUT2D eigenvalue weighted by Crippen LogP contribution is -1.97. The molecule has 196 valence electrons. The molecule has 0 aliphatic carbocycles. The first kappa shape index (κ1) is 23.1. The Balaban J connectivity index is 1.29. The summed E-state index contributed by atoms with van der Waals surface area (Å²) < 4.78 is 12.4. The Morgan fingerprint density at radius 2 is 1.05 bits per heavy atom. The summed E-state index contributed by atoms with van der Waals surface area (Å²) in [6, 6.07) is 51.6. The molecule has 9 rings (SSSR count). The van der Waals surface area contributed by atoms with Crippen molar-refractivity contribution >= 4 is 32.7 Å². The Kier molecular flexibility index (Phi) is 4.93. The summed E-state index contributed by atoms with van der Waals surface area (Å²) in [4.78, 5) is 0. The predicted molar refractivity (Wildman–Crippen MR) is 173 cm³/mol. The van der Waals surface area contributed by atoms with Crippen LogP contribution in [-0.4, -0.2) is 0 Å². The molecule has 0 unspecified atom stereocenters. The SMILES string of the molecule is c1ccc(-c2cc(-c3cc4c5c(cccc5c3)Oc3ccccc3-4)cc(-c3ccc4oc5ccccc5c4c3)c2)cc1. The molecule has 0 N–H and O–H groups in total. The highest BCUT2D eigenvalue weighted by atomic mass is 16.5. The molecule has 0 bridgehead atoms. The lowest BCUT2D eigenvalue weighted by Gasteiger charge is -2.22. The number of ether oxygens (including phenoxy) is 1. The van der Waals surface area contributed by atoms with E-state index < -0.39 is 0 Å². The van der Waals surface area contributed by atoms with Gasteiger partial charge in [0.2, 0.25) is 0 Å². The molecule has 0 radical (unpaired) electrons. The Hall–Kier alpha value is -5.60. The van der Waals surface area contributed by atoms with E-state index in [1.807, 2.05) is 24.3 Å². The van der Waals surface area contributed by atoms with E-state index in [-0.39, 0.29) is 0 Å². The molecule has 7 aromatic carbocycles. The molecule has 0 atom stereocenters. The summed E-state index contributed by atoms with van der Waals surface area (Å²) >= 11 is 0. The largest absolute Gasteiger partial charge is 0.456 e. The van der Waals surface area contributed by atoms with Crippen LogP contribution in [0.25, 0.3) is 77.2 Å². The average molecular weight is 537 g/mol. The molecule has 42 heavy (non-hydrogen) atoms. The van der Waals surface area contributed by atoms with E-state index in [1.165, 1.54) is 38.8 Å². The number of para-hydroxylation sites is 2. The minimum atomic E-state index is 0.897. The van der Waals surface area contributed by atoms with E-state index in [0.29, 0.717) is 0 Å². The first-order chi connectivity index (χ1) is 20.8. The third-order valence-electron chi connectivity index (χ3n) is 8.42. The molecule has 1 aliphatic heterocycles. The average Bonchev–Trinajstić information content (AvgIpc) is 3.43. The fourth-order valence-corrected chi connectivity index (χ4v) is 6.42. The Morgan fingerprint density at radius 3 is 1.95 bits per heavy atom. The topological polar surface area (TPSA) is 22.4 Å². The van der Waals surface area contributed by atoms with Crippen molar-refractivity contribution in [2.75, 3.05) is 0 Å². The van der Waals surface area contributed by atoms with Crippen molar-refractivity contribution in [1.82, 2.24) is 0 Å². The minimum absolute atomic E-state index is 0.897. The molecule has 0 amide bonds. The Morgan fingerprint density at radius 1 is 0.357 bits per heavy atom. The van der Waals surface area contributed by atoms with Crippen LogP contribution < -0.4 is 4.74 Å². The van der Waals surface area contributed by atoms with Crippen molar-refractivity contribution in [1.29, 1.82) is 0 Å². The zero-order valence-corrected chi connectivity index (χ0v) is 22.7. The van der Waals surface area contributed by atoms with Gasteiger partial charge in [-0.3, -0.25) is 0 Å². The third-order valence-corrected chi connectivity index (χ3v) is 8.42. The molecule has 1 aliphatic rings. The molecular formula is C40H24O2. The molecule has 2 heterocycles. The number of hydrogen-bond acceptors (Lipinski definition) is 2. The van der Waals surface area contributed by atoms with Gasteiger partial charge in [0.05, 0.1) is 0 Å². The molecule has 1 aromatic heterocycles. The quantitative estimate of drug-likeness (QED) is 0.224. The van der Waals surface area contributed by atoms with Gasteiger partial charge in [-0.2, -0.15) is 0 Å². The van der Waals surface area contributed by atoms with Gasteiger partial charge in [0.15, 0.2) is 0 Å². The van der Waals surface area contributed by atoms with Crippen LogP contribution in [0.2, 0.25) is 0 Å². The van der Waals surface area contributed by atoms with Crippen LogP contribution in [0.4, 0.5) is 0 Å². The first-order valence-corrected chi connectivity index (χ1v) is 14.3. The first-order valence-electron chi connectivity index (χ1n) is 14.3. The van der Waals surface area contributed by atoms with Crippen molar-refractivity contribution in [2.45, 2.75) is 0 Å². The highest BCUT2D eigenvalue weighted by Crippen LogP contribution is 2.48. The van der Waals surface area contributed by atoms with Gasteiger partial charge in [-0.15, -0.1) is 0 Å². The predicted octanol–water partition coefficient (Wildman–Crippen LogP) is 11.5. The van der Waals surface area contributed by atoms with Gasteiger partial charge in [-0.05, 0) is 105 Å². The van der Waals surface area contributed by atoms with Crippen LogP contribution in [0.5, 0.6) is 11.5 Å². The number of fused-ring (bicyclic) bond motifs is 5. The van der Waals surface area contributed by atoms with E-state index in [1.54, 1.807) is 0 Å². The smallest absolute Gasteiger partial charge is 0.135 e. The normalized spacial score (nSPS) is 12.0. The summed E-state index contributed by atoms with van der Waals surface area (Å²) in [7, 11) is 0. The monoisotopic (exact) mass is 536 g/mol. The van der Waals surface area contributed by atoms with Crippen molar-refractivity contribution < 1.29 is 9.15 Å². The highest BCUT2D eigenvalue weighted by molar-refractivity contribution is 6.08. The molecule has 0 spiro atoms. The minimum Gasteiger partial charge on any atom is -0.456 e. The van der Waals surface area contributed by atoms with Crippen LogP contribution >= 0.6 is 0 Å². The van der Waals surface area contributed by atoms with E-state index in [9.17, 15) is 0 Å². The standard InChI is InChI=1S/C40H24O2/c1-2-9-25(10-3-1)28-20-29(26-17-18-38-34(23-26)32-12-4-6-14-36(32)41-38)22-30(21-28)31-19-27-11-8-16-39-40(27)35(24-31)33-13-5-7-15-37(33)42-39/h1-24H. The molecule has 2 nitrogen and oxygen atoms in total. The van der Waals surface area contributed by atoms with E-state index in [2.05, 4.69) is 121 Å². The van der Waals surface area contributed by atoms with Crippen molar-refractivity contribution in [3.05, 3.63) is 146 Å². The summed E-state index contributed by atoms with van der Waals surface area (Å²) in [5.74, 6) is 1.81. The lowest BCUT2D eigenvalue weighted by molar-refractivity contribution is 0.487. The van der Waals surface area contributed by atoms with Crippen molar-refractivity contribution in [3.63, 3.8) is 0 Å². The van der Waals surface area contributed by atoms with Gasteiger partial charge in [0.1, 0.15) is 22.7 Å². The fraction of sp³-hybridized carbons (Fsp3) is 0. The van der Waals surface area contributed by atoms with Crippen LogP contribution in [-0.2, 0) is 0 Å². The maximum atomic E-state index is 6.30. The Bertz CT molecular complexity index is 2330. The second-order valence-electron chi connectivity index (χ2n) is 11.0. The summed E-state index contributed by atoms with van der Waals surface area (Å²) in [5, 5.41) is 4.61. The lowest BCUT2D eigenvalue weighted by atomic mass is 9.88. The zero-order valence-electron chi connectivity index (χ0n) is 22.7. The van der Waals surface area contributed by atoms with Crippen LogP contribution in [0.3, 0.4) is 0 Å². The zero-order chi connectivity index (χ0) is 27.6. The number of furan rings is 1. The van der Waals surface area contributed by atoms with Gasteiger partial charge >= 0.3 is 0 Å². The van der Waals surface area contributed by atoms with Crippen LogP contribution in [0, 0.1) is 0 Å². The number of hydrogen-bond donors (Lipinski definition) is 0. The van der Waals surface area contributed by atoms with E-state index in [4.69, 9.17) is 9.15 Å². The highest BCUT2D eigenvalue weighted by Gasteiger charge is 2.21. The molecule has 2 heteroatoms. The van der Waals surface area contributed by atoms with Crippen molar-refractivity contribution in [3.8, 4) is 56.0 Å². The fourth-order valence-electron chi connectivity index (χ4n) is 6.42. The van der Waals surface area contributed by atoms with Gasteiger partial charge in [-0.25, -0.2) is 0 Å². The van der Waals surface area contributed by atoms with Crippen LogP contribution in [0.15, 0.2) is 150 Å². The van der Waals surface area contributed by atoms with E-state index in [0.717, 1.165) is 50.0 Å².